The Morgan fingerprint density at radius 2 is 1.71 bits per heavy atom. The van der Waals surface area contributed by atoms with Crippen molar-refractivity contribution in [2.24, 2.45) is 5.73 Å². The van der Waals surface area contributed by atoms with Crippen molar-refractivity contribution in [1.29, 1.82) is 0 Å². The van der Waals surface area contributed by atoms with E-state index in [9.17, 15) is 26.4 Å². The molecule has 1 fully saturated rings. The molecule has 38 heavy (non-hydrogen) atoms. The highest BCUT2D eigenvalue weighted by Crippen LogP contribution is 2.47. The first-order valence-corrected chi connectivity index (χ1v) is 13.0. The lowest BCUT2D eigenvalue weighted by Gasteiger charge is -2.26. The standard InChI is InChI=1S/C26H21F3N4O4S/c27-26(28,29)37-19-9-5-16(6-10-19)15-33(38(35,36)20-11-12-22(24(30)34)31-14-20)25-23(17-7-8-17)21-4-2-1-3-18(21)13-32-25/h1-6,9-14,17H,7-8,15H2,(H2,30,34). The quantitative estimate of drug-likeness (QED) is 0.339. The number of pyridine rings is 2. The molecule has 8 nitrogen and oxygen atoms in total. The maximum Gasteiger partial charge on any atom is 0.573 e. The molecule has 1 amide bonds. The number of nitrogens with zero attached hydrogens (tertiary/aromatic N) is 3. The number of amides is 1. The van der Waals surface area contributed by atoms with Gasteiger partial charge < -0.3 is 10.5 Å². The van der Waals surface area contributed by atoms with Crippen LogP contribution in [0.25, 0.3) is 10.8 Å². The van der Waals surface area contributed by atoms with Crippen molar-refractivity contribution in [3.8, 4) is 5.75 Å². The summed E-state index contributed by atoms with van der Waals surface area (Å²) in [7, 11) is -4.29. The monoisotopic (exact) mass is 542 g/mol. The van der Waals surface area contributed by atoms with Gasteiger partial charge in [0, 0.05) is 23.3 Å². The van der Waals surface area contributed by atoms with Gasteiger partial charge in [0.25, 0.3) is 15.9 Å². The molecule has 5 rings (SSSR count). The lowest BCUT2D eigenvalue weighted by molar-refractivity contribution is -0.274. The number of alkyl halides is 3. The molecule has 0 radical (unpaired) electrons. The van der Waals surface area contributed by atoms with Gasteiger partial charge in [0.05, 0.1) is 6.54 Å². The van der Waals surface area contributed by atoms with Gasteiger partial charge in [-0.25, -0.2) is 22.7 Å². The zero-order valence-electron chi connectivity index (χ0n) is 19.7. The van der Waals surface area contributed by atoms with E-state index in [4.69, 9.17) is 5.73 Å². The number of rotatable bonds is 8. The molecular formula is C26H21F3N4O4S. The van der Waals surface area contributed by atoms with E-state index in [0.717, 1.165) is 51.8 Å². The number of primary amides is 1. The fraction of sp³-hybridized carbons (Fsp3) is 0.192. The van der Waals surface area contributed by atoms with Crippen LogP contribution in [0.5, 0.6) is 5.75 Å². The summed E-state index contributed by atoms with van der Waals surface area (Å²) >= 11 is 0. The van der Waals surface area contributed by atoms with Crippen LogP contribution >= 0.6 is 0 Å². The number of carbonyl (C=O) groups is 1. The van der Waals surface area contributed by atoms with E-state index in [0.29, 0.717) is 5.56 Å². The molecule has 4 aromatic rings. The number of ether oxygens (including phenoxy) is 1. The minimum absolute atomic E-state index is 0.0988. The predicted molar refractivity (Wildman–Crippen MR) is 133 cm³/mol. The van der Waals surface area contributed by atoms with Crippen LogP contribution in [0.3, 0.4) is 0 Å². The maximum absolute atomic E-state index is 14.0. The molecule has 2 heterocycles. The molecule has 2 aromatic carbocycles. The molecule has 196 valence electrons. The third kappa shape index (κ3) is 5.25. The molecule has 0 spiro atoms. The van der Waals surface area contributed by atoms with E-state index in [1.807, 2.05) is 24.3 Å². The minimum atomic E-state index is -4.85. The number of hydrogen-bond acceptors (Lipinski definition) is 6. The number of nitrogens with two attached hydrogens (primary N) is 1. The van der Waals surface area contributed by atoms with Crippen LogP contribution in [-0.2, 0) is 16.6 Å². The van der Waals surface area contributed by atoms with Gasteiger partial charge in [-0.2, -0.15) is 0 Å². The fourth-order valence-electron chi connectivity index (χ4n) is 4.19. The summed E-state index contributed by atoms with van der Waals surface area (Å²) in [6.45, 7) is -0.225. The van der Waals surface area contributed by atoms with E-state index < -0.39 is 28.0 Å². The molecule has 0 saturated heterocycles. The Morgan fingerprint density at radius 1 is 1.00 bits per heavy atom. The summed E-state index contributed by atoms with van der Waals surface area (Å²) < 4.78 is 70.8. The van der Waals surface area contributed by atoms with Crippen LogP contribution in [0.2, 0.25) is 0 Å². The molecule has 1 aliphatic rings. The molecule has 1 aliphatic carbocycles. The normalized spacial score (nSPS) is 13.9. The molecule has 2 N–H and O–H groups in total. The van der Waals surface area contributed by atoms with E-state index in [1.165, 1.54) is 24.3 Å². The van der Waals surface area contributed by atoms with Crippen molar-refractivity contribution >= 4 is 32.5 Å². The van der Waals surface area contributed by atoms with Gasteiger partial charge >= 0.3 is 6.36 Å². The topological polar surface area (TPSA) is 115 Å². The zero-order chi connectivity index (χ0) is 27.1. The van der Waals surface area contributed by atoms with Gasteiger partial charge in [0.2, 0.25) is 0 Å². The van der Waals surface area contributed by atoms with Crippen molar-refractivity contribution in [1.82, 2.24) is 9.97 Å². The van der Waals surface area contributed by atoms with E-state index >= 15 is 0 Å². The van der Waals surface area contributed by atoms with Crippen LogP contribution < -0.4 is 14.8 Å². The number of anilines is 1. The van der Waals surface area contributed by atoms with Gasteiger partial charge in [0.1, 0.15) is 22.2 Å². The number of fused-ring (bicyclic) bond motifs is 1. The number of hydrogen-bond donors (Lipinski definition) is 1. The van der Waals surface area contributed by atoms with Crippen LogP contribution in [0.1, 0.15) is 40.4 Å². The Morgan fingerprint density at radius 3 is 2.32 bits per heavy atom. The fourth-order valence-corrected chi connectivity index (χ4v) is 5.56. The molecule has 2 aromatic heterocycles. The van der Waals surface area contributed by atoms with Crippen molar-refractivity contribution in [2.75, 3.05) is 4.31 Å². The average Bonchev–Trinajstić information content (AvgIpc) is 3.72. The third-order valence-corrected chi connectivity index (χ3v) is 7.82. The maximum atomic E-state index is 14.0. The summed E-state index contributed by atoms with van der Waals surface area (Å²) in [6.07, 6.45) is -0.479. The smallest absolute Gasteiger partial charge is 0.406 e. The van der Waals surface area contributed by atoms with Gasteiger partial charge in [-0.05, 0) is 54.0 Å². The first-order chi connectivity index (χ1) is 18.0. The third-order valence-electron chi connectivity index (χ3n) is 6.10. The van der Waals surface area contributed by atoms with Crippen molar-refractivity contribution in [3.63, 3.8) is 0 Å². The van der Waals surface area contributed by atoms with Gasteiger partial charge in [-0.1, -0.05) is 36.4 Å². The lowest BCUT2D eigenvalue weighted by Crippen LogP contribution is -2.32. The second kappa shape index (κ2) is 9.60. The number of benzene rings is 2. The predicted octanol–water partition coefficient (Wildman–Crippen LogP) is 4.90. The van der Waals surface area contributed by atoms with Gasteiger partial charge in [-0.15, -0.1) is 13.2 Å². The van der Waals surface area contributed by atoms with Crippen LogP contribution in [0.4, 0.5) is 19.0 Å². The second-order valence-corrected chi connectivity index (χ2v) is 10.7. The van der Waals surface area contributed by atoms with Crippen molar-refractivity contribution in [3.05, 3.63) is 89.9 Å². The van der Waals surface area contributed by atoms with E-state index in [2.05, 4.69) is 14.7 Å². The lowest BCUT2D eigenvalue weighted by atomic mass is 10.0. The Bertz CT molecular complexity index is 1600. The minimum Gasteiger partial charge on any atom is -0.406 e. The van der Waals surface area contributed by atoms with E-state index in [-0.39, 0.29) is 28.9 Å². The van der Waals surface area contributed by atoms with Crippen molar-refractivity contribution in [2.45, 2.75) is 36.6 Å². The molecule has 1 saturated carbocycles. The summed E-state index contributed by atoms with van der Waals surface area (Å²) in [6, 6.07) is 14.9. The first kappa shape index (κ1) is 25.5. The zero-order valence-corrected chi connectivity index (χ0v) is 20.5. The Labute approximate surface area is 215 Å². The van der Waals surface area contributed by atoms with Crippen LogP contribution in [0.15, 0.2) is 78.0 Å². The highest BCUT2D eigenvalue weighted by Gasteiger charge is 2.35. The Kier molecular flexibility index (Phi) is 6.43. The molecule has 0 aliphatic heterocycles. The van der Waals surface area contributed by atoms with E-state index in [1.54, 1.807) is 6.20 Å². The number of aromatic nitrogens is 2. The molecule has 0 unspecified atom stereocenters. The number of sulfonamides is 1. The average molecular weight is 543 g/mol. The van der Waals surface area contributed by atoms with Crippen molar-refractivity contribution < 1.29 is 31.1 Å². The van der Waals surface area contributed by atoms with Gasteiger partial charge in [-0.3, -0.25) is 4.79 Å². The number of halogens is 3. The summed E-state index contributed by atoms with van der Waals surface area (Å²) in [5.41, 5.74) is 6.33. The number of carbonyl (C=O) groups excluding carboxylic acids is 1. The van der Waals surface area contributed by atoms with Crippen LogP contribution in [-0.4, -0.2) is 30.7 Å². The summed E-state index contributed by atoms with van der Waals surface area (Å²) in [5.74, 6) is -0.899. The first-order valence-electron chi connectivity index (χ1n) is 11.5. The highest BCUT2D eigenvalue weighted by molar-refractivity contribution is 7.92. The second-order valence-electron chi connectivity index (χ2n) is 8.80. The Hall–Kier alpha value is -4.19. The summed E-state index contributed by atoms with van der Waals surface area (Å²) in [4.78, 5) is 19.7. The molecule has 0 bridgehead atoms. The largest absolute Gasteiger partial charge is 0.573 e. The SMILES string of the molecule is NC(=O)c1ccc(S(=O)(=O)N(Cc2ccc(OC(F)(F)F)cc2)c2ncc3ccccc3c2C2CC2)cn1. The highest BCUT2D eigenvalue weighted by atomic mass is 32.2. The molecular weight excluding hydrogens is 521 g/mol. The van der Waals surface area contributed by atoms with Crippen LogP contribution in [0, 0.1) is 0 Å². The Balaban J connectivity index is 1.62. The molecule has 0 atom stereocenters. The van der Waals surface area contributed by atoms with Gasteiger partial charge in [0.15, 0.2) is 0 Å². The summed E-state index contributed by atoms with van der Waals surface area (Å²) in [5, 5.41) is 1.73. The molecule has 12 heteroatoms.